The zero-order valence-electron chi connectivity index (χ0n) is 25.8. The summed E-state index contributed by atoms with van der Waals surface area (Å²) in [4.78, 5) is 67.3. The molecule has 4 N–H and O–H groups in total. The van der Waals surface area contributed by atoms with Gasteiger partial charge in [0.1, 0.15) is 11.8 Å². The van der Waals surface area contributed by atoms with Gasteiger partial charge in [-0.2, -0.15) is 0 Å². The number of amides is 3. The zero-order valence-corrected chi connectivity index (χ0v) is 25.8. The average Bonchev–Trinajstić information content (AvgIpc) is 2.98. The topological polar surface area (TPSA) is 148 Å². The Bertz CT molecular complexity index is 1290. The van der Waals surface area contributed by atoms with E-state index < -0.39 is 41.5 Å². The summed E-state index contributed by atoms with van der Waals surface area (Å²) in [5.74, 6) is -3.95. The lowest BCUT2D eigenvalue weighted by Gasteiger charge is -2.28. The number of benzene rings is 2. The first kappa shape index (κ1) is 33.9. The fourth-order valence-electron chi connectivity index (χ4n) is 5.37. The summed E-state index contributed by atoms with van der Waals surface area (Å²) in [6.45, 7) is 10.3. The van der Waals surface area contributed by atoms with Crippen LogP contribution in [0.3, 0.4) is 0 Å². The molecule has 1 aliphatic rings. The molecule has 2 aromatic carbocycles. The van der Waals surface area contributed by atoms with Gasteiger partial charge in [-0.05, 0) is 34.6 Å². The molecule has 3 rings (SSSR count). The summed E-state index contributed by atoms with van der Waals surface area (Å²) in [5, 5.41) is 7.29. The molecule has 10 nitrogen and oxygen atoms in total. The predicted octanol–water partition coefficient (Wildman–Crippen LogP) is 2.41. The summed E-state index contributed by atoms with van der Waals surface area (Å²) < 4.78 is 5.35. The van der Waals surface area contributed by atoms with Gasteiger partial charge in [-0.15, -0.1) is 0 Å². The molecule has 1 aliphatic heterocycles. The third-order valence-electron chi connectivity index (χ3n) is 8.02. The minimum atomic E-state index is -1.12. The highest BCUT2D eigenvalue weighted by atomic mass is 16.5. The molecule has 0 radical (unpaired) electrons. The molecule has 1 fully saturated rings. The number of rotatable bonds is 16. The van der Waals surface area contributed by atoms with Gasteiger partial charge >= 0.3 is 0 Å². The smallest absolute Gasteiger partial charge is 0.290 e. The number of hydrogen-bond acceptors (Lipinski definition) is 7. The van der Waals surface area contributed by atoms with Crippen LogP contribution in [0.2, 0.25) is 0 Å². The highest BCUT2D eigenvalue weighted by molar-refractivity contribution is 6.38. The van der Waals surface area contributed by atoms with Gasteiger partial charge in [-0.25, -0.2) is 0 Å². The lowest BCUT2D eigenvalue weighted by atomic mass is 9.89. The van der Waals surface area contributed by atoms with Crippen LogP contribution in [-0.2, 0) is 35.1 Å². The molecule has 0 spiro atoms. The maximum atomic E-state index is 13.5. The Morgan fingerprint density at radius 3 is 2.26 bits per heavy atom. The maximum Gasteiger partial charge on any atom is 0.290 e. The second-order valence-corrected chi connectivity index (χ2v) is 12.0. The monoisotopic (exact) mass is 594 g/mol. The molecule has 3 amide bonds. The minimum Gasteiger partial charge on any atom is -0.379 e. The molecule has 1 heterocycles. The third-order valence-corrected chi connectivity index (χ3v) is 8.02. The van der Waals surface area contributed by atoms with Crippen molar-refractivity contribution >= 4 is 40.1 Å². The molecule has 234 valence electrons. The van der Waals surface area contributed by atoms with Crippen molar-refractivity contribution in [2.75, 3.05) is 32.8 Å². The van der Waals surface area contributed by atoms with Crippen molar-refractivity contribution in [3.63, 3.8) is 0 Å². The first-order valence-corrected chi connectivity index (χ1v) is 15.2. The van der Waals surface area contributed by atoms with E-state index in [1.807, 2.05) is 68.1 Å². The maximum absolute atomic E-state index is 13.5. The van der Waals surface area contributed by atoms with Crippen LogP contribution in [0.15, 0.2) is 42.5 Å². The summed E-state index contributed by atoms with van der Waals surface area (Å²) in [6.07, 6.45) is 1.14. The molecule has 1 saturated heterocycles. The van der Waals surface area contributed by atoms with Crippen molar-refractivity contribution < 1.29 is 28.7 Å². The summed E-state index contributed by atoms with van der Waals surface area (Å²) in [7, 11) is 0. The van der Waals surface area contributed by atoms with E-state index in [1.54, 1.807) is 6.92 Å². The number of carbonyl (C=O) groups excluding carboxylic acids is 5. The Kier molecular flexibility index (Phi) is 12.8. The van der Waals surface area contributed by atoms with Crippen molar-refractivity contribution in [3.8, 4) is 0 Å². The Morgan fingerprint density at radius 2 is 1.63 bits per heavy atom. The molecular weight excluding hydrogens is 548 g/mol. The Balaban J connectivity index is 1.69. The van der Waals surface area contributed by atoms with E-state index in [-0.39, 0.29) is 37.0 Å². The number of primary amides is 1. The quantitative estimate of drug-likeness (QED) is 0.253. The van der Waals surface area contributed by atoms with E-state index in [2.05, 4.69) is 10.6 Å². The van der Waals surface area contributed by atoms with E-state index >= 15 is 0 Å². The van der Waals surface area contributed by atoms with Crippen LogP contribution in [0.5, 0.6) is 0 Å². The fraction of sp³-hybridized carbons (Fsp3) is 0.545. The number of Topliss-reactive ketones (excluding diaryl/α,β-unsaturated/α-hetero) is 2. The number of ketones is 2. The average molecular weight is 595 g/mol. The fourth-order valence-corrected chi connectivity index (χ4v) is 5.37. The van der Waals surface area contributed by atoms with Crippen LogP contribution in [0.1, 0.15) is 52.5 Å². The highest BCUT2D eigenvalue weighted by Gasteiger charge is 2.35. The Labute approximate surface area is 254 Å². The van der Waals surface area contributed by atoms with Gasteiger partial charge in [0.2, 0.25) is 17.6 Å². The van der Waals surface area contributed by atoms with Crippen LogP contribution >= 0.6 is 0 Å². The molecule has 0 saturated carbocycles. The van der Waals surface area contributed by atoms with Crippen LogP contribution in [0.25, 0.3) is 10.8 Å². The third kappa shape index (κ3) is 10.2. The molecule has 2 aromatic rings. The van der Waals surface area contributed by atoms with Crippen LogP contribution in [0, 0.1) is 17.8 Å². The van der Waals surface area contributed by atoms with E-state index in [0.29, 0.717) is 39.1 Å². The van der Waals surface area contributed by atoms with Crippen molar-refractivity contribution in [1.29, 1.82) is 0 Å². The SMILES string of the molecule is CCC(C)C(NC(=O)C(CC(=O)CN1CCOCC1)CC(C)C)C(=O)C(=O)NC(Cc1ccc2ccccc2c1)C(N)=O. The second kappa shape index (κ2) is 16.3. The van der Waals surface area contributed by atoms with Gasteiger partial charge in [0.25, 0.3) is 5.91 Å². The number of morpholine rings is 1. The van der Waals surface area contributed by atoms with E-state index in [4.69, 9.17) is 10.5 Å². The first-order valence-electron chi connectivity index (χ1n) is 15.2. The van der Waals surface area contributed by atoms with Gasteiger partial charge in [0, 0.05) is 31.8 Å². The van der Waals surface area contributed by atoms with E-state index in [9.17, 15) is 24.0 Å². The summed E-state index contributed by atoms with van der Waals surface area (Å²) in [5.41, 5.74) is 6.39. The first-order chi connectivity index (χ1) is 20.5. The predicted molar refractivity (Wildman–Crippen MR) is 165 cm³/mol. The number of nitrogens with zero attached hydrogens (tertiary/aromatic N) is 1. The number of nitrogens with two attached hydrogens (primary N) is 1. The molecule has 4 unspecified atom stereocenters. The number of carbonyl (C=O) groups is 5. The van der Waals surface area contributed by atoms with Crippen molar-refractivity contribution in [3.05, 3.63) is 48.0 Å². The molecule has 43 heavy (non-hydrogen) atoms. The summed E-state index contributed by atoms with van der Waals surface area (Å²) >= 11 is 0. The standard InChI is InChI=1S/C33H46N4O6/c1-5-22(4)29(36-32(41)26(16-21(2)3)19-27(38)20-37-12-14-43-15-13-37)30(39)33(42)35-28(31(34)40)18-23-10-11-24-8-6-7-9-25(24)17-23/h6-11,17,21-22,26,28-29H,5,12-16,18-20H2,1-4H3,(H2,34,40)(H,35,42)(H,36,41). The van der Waals surface area contributed by atoms with Crippen molar-refractivity contribution in [2.45, 2.75) is 65.5 Å². The molecule has 0 aromatic heterocycles. The second-order valence-electron chi connectivity index (χ2n) is 12.0. The number of hydrogen-bond donors (Lipinski definition) is 3. The van der Waals surface area contributed by atoms with Crippen LogP contribution < -0.4 is 16.4 Å². The Hall–Kier alpha value is -3.63. The molecule has 0 bridgehead atoms. The lowest BCUT2D eigenvalue weighted by molar-refractivity contribution is -0.142. The van der Waals surface area contributed by atoms with E-state index in [1.165, 1.54) is 0 Å². The molecule has 10 heteroatoms. The molecular formula is C33H46N4O6. The van der Waals surface area contributed by atoms with Gasteiger partial charge in [-0.1, -0.05) is 76.6 Å². The normalized spacial score (nSPS) is 16.7. The van der Waals surface area contributed by atoms with Crippen molar-refractivity contribution in [2.24, 2.45) is 23.5 Å². The minimum absolute atomic E-state index is 0.0461. The van der Waals surface area contributed by atoms with Crippen molar-refractivity contribution in [1.82, 2.24) is 15.5 Å². The Morgan fingerprint density at radius 1 is 0.953 bits per heavy atom. The number of ether oxygens (including phenoxy) is 1. The van der Waals surface area contributed by atoms with Gasteiger partial charge in [-0.3, -0.25) is 28.9 Å². The molecule has 0 aliphatic carbocycles. The number of fused-ring (bicyclic) bond motifs is 1. The van der Waals surface area contributed by atoms with Crippen LogP contribution in [-0.4, -0.2) is 79.1 Å². The van der Waals surface area contributed by atoms with Gasteiger partial charge < -0.3 is 21.1 Å². The van der Waals surface area contributed by atoms with E-state index in [0.717, 1.165) is 16.3 Å². The van der Waals surface area contributed by atoms with Crippen LogP contribution in [0.4, 0.5) is 0 Å². The largest absolute Gasteiger partial charge is 0.379 e. The van der Waals surface area contributed by atoms with Gasteiger partial charge in [0.15, 0.2) is 0 Å². The molecule has 4 atom stereocenters. The zero-order chi connectivity index (χ0) is 31.5. The van der Waals surface area contributed by atoms with Gasteiger partial charge in [0.05, 0.1) is 25.8 Å². The summed E-state index contributed by atoms with van der Waals surface area (Å²) in [6, 6.07) is 11.2. The number of nitrogens with one attached hydrogen (secondary N) is 2. The lowest BCUT2D eigenvalue weighted by Crippen LogP contribution is -2.55. The highest BCUT2D eigenvalue weighted by Crippen LogP contribution is 2.20.